The second kappa shape index (κ2) is 10.1. The molecule has 1 atom stereocenters. The summed E-state index contributed by atoms with van der Waals surface area (Å²) >= 11 is 0. The molecular weight excluding hydrogens is 327 g/mol. The van der Waals surface area contributed by atoms with Gasteiger partial charge in [0.05, 0.1) is 18.3 Å². The van der Waals surface area contributed by atoms with Crippen molar-refractivity contribution in [3.05, 3.63) is 35.6 Å². The number of nitrogens with one attached hydrogen (secondary N) is 1. The molecule has 1 unspecified atom stereocenters. The average Bonchev–Trinajstić information content (AvgIpc) is 3.11. The number of rotatable bonds is 9. The molecule has 0 aromatic heterocycles. The van der Waals surface area contributed by atoms with E-state index in [0.717, 1.165) is 19.4 Å². The molecule has 1 heterocycles. The lowest BCUT2D eigenvalue weighted by molar-refractivity contribution is -0.133. The molecule has 1 fully saturated rings. The van der Waals surface area contributed by atoms with Crippen LogP contribution < -0.4 is 5.32 Å². The predicted octanol–water partition coefficient (Wildman–Crippen LogP) is 1.60. The fourth-order valence-electron chi connectivity index (χ4n) is 2.74. The van der Waals surface area contributed by atoms with Crippen LogP contribution in [-0.4, -0.2) is 62.8 Å². The highest BCUT2D eigenvalue weighted by atomic mass is 19.1. The van der Waals surface area contributed by atoms with Crippen molar-refractivity contribution in [1.29, 1.82) is 0 Å². The van der Waals surface area contributed by atoms with E-state index in [0.29, 0.717) is 19.7 Å². The Labute approximate surface area is 147 Å². The van der Waals surface area contributed by atoms with Crippen molar-refractivity contribution in [2.45, 2.75) is 25.4 Å². The van der Waals surface area contributed by atoms with Gasteiger partial charge in [0, 0.05) is 39.8 Å². The SMILES string of the molecule is COCCN(CC1CCCO1)C(=O)CCNC(=O)c1ccccc1F. The Hall–Kier alpha value is -1.99. The number of halogens is 1. The number of ether oxygens (including phenoxy) is 2. The minimum atomic E-state index is -0.577. The Morgan fingerprint density at radius 1 is 1.40 bits per heavy atom. The quantitative estimate of drug-likeness (QED) is 0.733. The number of benzene rings is 1. The molecule has 6 nitrogen and oxygen atoms in total. The summed E-state index contributed by atoms with van der Waals surface area (Å²) in [7, 11) is 1.59. The first-order valence-electron chi connectivity index (χ1n) is 8.53. The van der Waals surface area contributed by atoms with Crippen LogP contribution in [0.5, 0.6) is 0 Å². The zero-order valence-electron chi connectivity index (χ0n) is 14.5. The first-order chi connectivity index (χ1) is 12.1. The summed E-state index contributed by atoms with van der Waals surface area (Å²) in [5, 5.41) is 2.59. The summed E-state index contributed by atoms with van der Waals surface area (Å²) in [6, 6.07) is 5.76. The molecule has 1 aromatic carbocycles. The molecule has 7 heteroatoms. The number of carbonyl (C=O) groups excluding carboxylic acids is 2. The van der Waals surface area contributed by atoms with E-state index in [-0.39, 0.29) is 30.5 Å². The third-order valence-corrected chi connectivity index (χ3v) is 4.11. The molecule has 138 valence electrons. The summed E-state index contributed by atoms with van der Waals surface area (Å²) in [5.74, 6) is -1.18. The van der Waals surface area contributed by atoms with Crippen LogP contribution in [0, 0.1) is 5.82 Å². The molecule has 0 saturated carbocycles. The van der Waals surface area contributed by atoms with Gasteiger partial charge in [0.1, 0.15) is 5.82 Å². The van der Waals surface area contributed by atoms with E-state index < -0.39 is 11.7 Å². The number of methoxy groups -OCH3 is 1. The summed E-state index contributed by atoms with van der Waals surface area (Å²) in [6.45, 7) is 2.34. The van der Waals surface area contributed by atoms with Crippen molar-refractivity contribution in [2.75, 3.05) is 40.0 Å². The van der Waals surface area contributed by atoms with Crippen molar-refractivity contribution in [2.24, 2.45) is 0 Å². The molecule has 0 aliphatic carbocycles. The number of hydrogen-bond donors (Lipinski definition) is 1. The van der Waals surface area contributed by atoms with Crippen molar-refractivity contribution in [3.8, 4) is 0 Å². The molecule has 1 aliphatic rings. The van der Waals surface area contributed by atoms with Gasteiger partial charge in [-0.05, 0) is 25.0 Å². The average molecular weight is 352 g/mol. The van der Waals surface area contributed by atoms with Gasteiger partial charge in [0.25, 0.3) is 5.91 Å². The monoisotopic (exact) mass is 352 g/mol. The van der Waals surface area contributed by atoms with Crippen LogP contribution in [0.25, 0.3) is 0 Å². The Bertz CT molecular complexity index is 576. The third-order valence-electron chi connectivity index (χ3n) is 4.11. The van der Waals surface area contributed by atoms with Gasteiger partial charge in [-0.25, -0.2) is 4.39 Å². The van der Waals surface area contributed by atoms with E-state index >= 15 is 0 Å². The number of carbonyl (C=O) groups is 2. The smallest absolute Gasteiger partial charge is 0.254 e. The van der Waals surface area contributed by atoms with Gasteiger partial charge in [-0.15, -0.1) is 0 Å². The first-order valence-corrected chi connectivity index (χ1v) is 8.53. The molecule has 0 radical (unpaired) electrons. The van der Waals surface area contributed by atoms with Crippen LogP contribution in [0.2, 0.25) is 0 Å². The third kappa shape index (κ3) is 6.10. The van der Waals surface area contributed by atoms with Gasteiger partial charge in [0.2, 0.25) is 5.91 Å². The minimum Gasteiger partial charge on any atom is -0.383 e. The Morgan fingerprint density at radius 3 is 2.88 bits per heavy atom. The molecule has 0 bridgehead atoms. The van der Waals surface area contributed by atoms with E-state index in [1.54, 1.807) is 18.1 Å². The number of amides is 2. The molecule has 1 N–H and O–H groups in total. The zero-order chi connectivity index (χ0) is 18.1. The van der Waals surface area contributed by atoms with E-state index in [4.69, 9.17) is 9.47 Å². The summed E-state index contributed by atoms with van der Waals surface area (Å²) in [4.78, 5) is 26.1. The summed E-state index contributed by atoms with van der Waals surface area (Å²) in [5.41, 5.74) is -0.0226. The zero-order valence-corrected chi connectivity index (χ0v) is 14.5. The fourth-order valence-corrected chi connectivity index (χ4v) is 2.74. The van der Waals surface area contributed by atoms with Gasteiger partial charge < -0.3 is 19.7 Å². The lowest BCUT2D eigenvalue weighted by Crippen LogP contribution is -2.41. The first kappa shape index (κ1) is 19.3. The molecule has 25 heavy (non-hydrogen) atoms. The largest absolute Gasteiger partial charge is 0.383 e. The lowest BCUT2D eigenvalue weighted by Gasteiger charge is -2.25. The maximum absolute atomic E-state index is 13.6. The Kier molecular flexibility index (Phi) is 7.81. The maximum atomic E-state index is 13.6. The van der Waals surface area contributed by atoms with Crippen LogP contribution in [0.4, 0.5) is 4.39 Å². The summed E-state index contributed by atoms with van der Waals surface area (Å²) < 4.78 is 24.2. The number of hydrogen-bond acceptors (Lipinski definition) is 4. The van der Waals surface area contributed by atoms with E-state index in [9.17, 15) is 14.0 Å². The van der Waals surface area contributed by atoms with E-state index in [1.807, 2.05) is 0 Å². The van der Waals surface area contributed by atoms with Crippen LogP contribution in [-0.2, 0) is 14.3 Å². The van der Waals surface area contributed by atoms with Gasteiger partial charge in [-0.1, -0.05) is 12.1 Å². The lowest BCUT2D eigenvalue weighted by atomic mass is 10.2. The molecule has 1 aliphatic heterocycles. The normalized spacial score (nSPS) is 16.6. The van der Waals surface area contributed by atoms with Crippen LogP contribution in [0.1, 0.15) is 29.6 Å². The van der Waals surface area contributed by atoms with Crippen LogP contribution in [0.15, 0.2) is 24.3 Å². The van der Waals surface area contributed by atoms with Crippen molar-refractivity contribution < 1.29 is 23.5 Å². The van der Waals surface area contributed by atoms with Crippen molar-refractivity contribution in [3.63, 3.8) is 0 Å². The maximum Gasteiger partial charge on any atom is 0.254 e. The fraction of sp³-hybridized carbons (Fsp3) is 0.556. The molecule has 1 aromatic rings. The second-order valence-corrected chi connectivity index (χ2v) is 5.95. The topological polar surface area (TPSA) is 67.9 Å². The van der Waals surface area contributed by atoms with Gasteiger partial charge in [0.15, 0.2) is 0 Å². The Morgan fingerprint density at radius 2 is 2.20 bits per heavy atom. The van der Waals surface area contributed by atoms with Crippen LogP contribution in [0.3, 0.4) is 0 Å². The van der Waals surface area contributed by atoms with Crippen molar-refractivity contribution >= 4 is 11.8 Å². The molecule has 0 spiro atoms. The van der Waals surface area contributed by atoms with Crippen LogP contribution >= 0.6 is 0 Å². The highest BCUT2D eigenvalue weighted by Gasteiger charge is 2.22. The molecule has 2 amide bonds. The number of nitrogens with zero attached hydrogens (tertiary/aromatic N) is 1. The minimum absolute atomic E-state index is 0.0226. The van der Waals surface area contributed by atoms with Gasteiger partial charge >= 0.3 is 0 Å². The molecular formula is C18H25FN2O4. The summed E-state index contributed by atoms with van der Waals surface area (Å²) in [6.07, 6.45) is 2.17. The van der Waals surface area contributed by atoms with Gasteiger partial charge in [-0.3, -0.25) is 9.59 Å². The van der Waals surface area contributed by atoms with E-state index in [2.05, 4.69) is 5.32 Å². The van der Waals surface area contributed by atoms with Crippen molar-refractivity contribution in [1.82, 2.24) is 10.2 Å². The highest BCUT2D eigenvalue weighted by molar-refractivity contribution is 5.94. The predicted molar refractivity (Wildman–Crippen MR) is 90.8 cm³/mol. The molecule has 1 saturated heterocycles. The molecule has 2 rings (SSSR count). The van der Waals surface area contributed by atoms with Gasteiger partial charge in [-0.2, -0.15) is 0 Å². The van der Waals surface area contributed by atoms with E-state index in [1.165, 1.54) is 18.2 Å². The Balaban J connectivity index is 1.80. The second-order valence-electron chi connectivity index (χ2n) is 5.95. The highest BCUT2D eigenvalue weighted by Crippen LogP contribution is 2.14. The standard InChI is InChI=1S/C18H25FN2O4/c1-24-12-10-21(13-14-5-4-11-25-14)17(22)8-9-20-18(23)15-6-2-3-7-16(15)19/h2-3,6-7,14H,4-5,8-13H2,1H3,(H,20,23).